The summed E-state index contributed by atoms with van der Waals surface area (Å²) < 4.78 is 66.0. The number of alkyl halides is 1. The maximum atomic E-state index is 13.5. The molecule has 0 aromatic heterocycles. The zero-order chi connectivity index (χ0) is 15.8. The van der Waals surface area contributed by atoms with Crippen molar-refractivity contribution in [3.63, 3.8) is 0 Å². The highest BCUT2D eigenvalue weighted by Crippen LogP contribution is 2.26. The van der Waals surface area contributed by atoms with Gasteiger partial charge in [-0.15, -0.1) is 11.6 Å². The normalized spacial score (nSPS) is 11.7. The maximum Gasteiger partial charge on any atom is 0.260 e. The molecule has 0 aliphatic carbocycles. The minimum Gasteiger partial charge on any atom is -0.335 e. The monoisotopic (exact) mass is 315 g/mol. The number of carbonyl (C=O) groups excluding carboxylic acids is 1. The molecule has 20 heavy (non-hydrogen) atoms. The van der Waals surface area contributed by atoms with Crippen molar-refractivity contribution in [3.05, 3.63) is 34.6 Å². The van der Waals surface area contributed by atoms with E-state index >= 15 is 0 Å². The number of amides is 1. The van der Waals surface area contributed by atoms with Crippen LogP contribution >= 0.6 is 11.6 Å². The fourth-order valence-electron chi connectivity index (χ4n) is 1.32. The van der Waals surface area contributed by atoms with Crippen molar-refractivity contribution >= 4 is 17.5 Å². The highest BCUT2D eigenvalue weighted by Gasteiger charge is 2.35. The quantitative estimate of drug-likeness (QED) is 0.362. The molecule has 0 N–H and O–H groups in total. The molecule has 2 nitrogen and oxygen atoms in total. The average molecular weight is 316 g/mol. The summed E-state index contributed by atoms with van der Waals surface area (Å²) >= 11 is 5.60. The van der Waals surface area contributed by atoms with Crippen LogP contribution in [0.4, 0.5) is 22.0 Å². The summed E-state index contributed by atoms with van der Waals surface area (Å²) in [5.41, 5.74) is -2.53. The average Bonchev–Trinajstić information content (AvgIpc) is 2.42. The lowest BCUT2D eigenvalue weighted by molar-refractivity contribution is 0.0646. The summed E-state index contributed by atoms with van der Waals surface area (Å²) in [7, 11) is 1.16. The lowest BCUT2D eigenvalue weighted by Gasteiger charge is -2.34. The molecule has 1 aromatic carbocycles. The SMILES string of the molecule is CN(C(=O)c1c(F)c(F)c(F)c(F)c1F)C(C)(C)CCl. The molecule has 1 rings (SSSR count). The molecular formula is C12H11ClF5NO. The van der Waals surface area contributed by atoms with Crippen molar-refractivity contribution in [2.45, 2.75) is 19.4 Å². The van der Waals surface area contributed by atoms with E-state index in [1.165, 1.54) is 13.8 Å². The lowest BCUT2D eigenvalue weighted by atomic mass is 10.0. The molecular weight excluding hydrogens is 305 g/mol. The Morgan fingerprint density at radius 2 is 1.35 bits per heavy atom. The van der Waals surface area contributed by atoms with Gasteiger partial charge in [0.1, 0.15) is 5.56 Å². The summed E-state index contributed by atoms with van der Waals surface area (Å²) in [5.74, 6) is -12.4. The van der Waals surface area contributed by atoms with Gasteiger partial charge in [-0.1, -0.05) is 0 Å². The molecule has 0 saturated carbocycles. The van der Waals surface area contributed by atoms with Crippen LogP contribution in [0.5, 0.6) is 0 Å². The number of hydrogen-bond donors (Lipinski definition) is 0. The van der Waals surface area contributed by atoms with Crippen LogP contribution in [0.3, 0.4) is 0 Å². The predicted molar refractivity (Wildman–Crippen MR) is 63.1 cm³/mol. The van der Waals surface area contributed by atoms with Crippen molar-refractivity contribution in [2.24, 2.45) is 0 Å². The first kappa shape index (κ1) is 16.7. The third-order valence-corrected chi connectivity index (χ3v) is 3.62. The van der Waals surface area contributed by atoms with E-state index < -0.39 is 46.1 Å². The van der Waals surface area contributed by atoms with E-state index in [-0.39, 0.29) is 5.88 Å². The zero-order valence-electron chi connectivity index (χ0n) is 10.8. The minimum atomic E-state index is -2.31. The molecule has 0 fully saturated rings. The second kappa shape index (κ2) is 5.55. The summed E-state index contributed by atoms with van der Waals surface area (Å²) in [5, 5.41) is 0. The number of nitrogens with zero attached hydrogens (tertiary/aromatic N) is 1. The second-order valence-electron chi connectivity index (χ2n) is 4.76. The molecule has 0 bridgehead atoms. The summed E-state index contributed by atoms with van der Waals surface area (Å²) in [6.45, 7) is 2.95. The minimum absolute atomic E-state index is 0.0926. The molecule has 0 saturated heterocycles. The lowest BCUT2D eigenvalue weighted by Crippen LogP contribution is -2.47. The third kappa shape index (κ3) is 2.59. The van der Waals surface area contributed by atoms with Crippen LogP contribution in [0.15, 0.2) is 0 Å². The summed E-state index contributed by atoms with van der Waals surface area (Å²) in [6.07, 6.45) is 0. The van der Waals surface area contributed by atoms with Gasteiger partial charge in [-0.3, -0.25) is 4.79 Å². The number of hydrogen-bond acceptors (Lipinski definition) is 1. The van der Waals surface area contributed by atoms with Crippen LogP contribution in [0.25, 0.3) is 0 Å². The molecule has 1 aromatic rings. The molecule has 1 amide bonds. The summed E-state index contributed by atoms with van der Waals surface area (Å²) in [6, 6.07) is 0. The largest absolute Gasteiger partial charge is 0.335 e. The van der Waals surface area contributed by atoms with E-state index in [9.17, 15) is 26.7 Å². The van der Waals surface area contributed by atoms with Crippen LogP contribution in [0, 0.1) is 29.1 Å². The van der Waals surface area contributed by atoms with Gasteiger partial charge in [0.25, 0.3) is 5.91 Å². The standard InChI is InChI=1S/C12H11ClF5NO/c1-12(2,4-13)19(3)11(20)5-6(14)8(16)10(18)9(17)7(5)15/h4H2,1-3H3. The van der Waals surface area contributed by atoms with Gasteiger partial charge in [-0.2, -0.15) is 0 Å². The Morgan fingerprint density at radius 3 is 1.70 bits per heavy atom. The fraction of sp³-hybridized carbons (Fsp3) is 0.417. The van der Waals surface area contributed by atoms with E-state index in [1.807, 2.05) is 0 Å². The Kier molecular flexibility index (Phi) is 4.63. The van der Waals surface area contributed by atoms with Crippen molar-refractivity contribution in [1.82, 2.24) is 4.90 Å². The molecule has 0 radical (unpaired) electrons. The maximum absolute atomic E-state index is 13.5. The van der Waals surface area contributed by atoms with E-state index in [2.05, 4.69) is 0 Å². The van der Waals surface area contributed by atoms with Gasteiger partial charge >= 0.3 is 0 Å². The Balaban J connectivity index is 3.45. The van der Waals surface area contributed by atoms with E-state index in [0.29, 0.717) is 0 Å². The Morgan fingerprint density at radius 1 is 1.00 bits per heavy atom. The Bertz CT molecular complexity index is 532. The fourth-order valence-corrected chi connectivity index (χ4v) is 1.50. The first-order valence-corrected chi connectivity index (χ1v) is 5.95. The molecule has 112 valence electrons. The first-order chi connectivity index (χ1) is 9.06. The van der Waals surface area contributed by atoms with E-state index in [1.54, 1.807) is 0 Å². The molecule has 0 unspecified atom stereocenters. The molecule has 0 atom stereocenters. The van der Waals surface area contributed by atoms with Crippen molar-refractivity contribution in [1.29, 1.82) is 0 Å². The molecule has 0 aliphatic heterocycles. The highest BCUT2D eigenvalue weighted by atomic mass is 35.5. The molecule has 0 spiro atoms. The van der Waals surface area contributed by atoms with Crippen LogP contribution < -0.4 is 0 Å². The number of rotatable bonds is 3. The smallest absolute Gasteiger partial charge is 0.260 e. The van der Waals surface area contributed by atoms with Crippen LogP contribution in [0.2, 0.25) is 0 Å². The van der Waals surface area contributed by atoms with Gasteiger partial charge in [-0.25, -0.2) is 22.0 Å². The summed E-state index contributed by atoms with van der Waals surface area (Å²) in [4.78, 5) is 12.8. The Labute approximate surface area is 117 Å². The van der Waals surface area contributed by atoms with Gasteiger partial charge in [0.15, 0.2) is 23.3 Å². The predicted octanol–water partition coefficient (Wildman–Crippen LogP) is 3.47. The van der Waals surface area contributed by atoms with Gasteiger partial charge in [0.05, 0.1) is 5.54 Å². The zero-order valence-corrected chi connectivity index (χ0v) is 11.6. The van der Waals surface area contributed by atoms with Gasteiger partial charge in [-0.05, 0) is 13.8 Å². The van der Waals surface area contributed by atoms with Crippen molar-refractivity contribution in [2.75, 3.05) is 12.9 Å². The van der Waals surface area contributed by atoms with Crippen molar-refractivity contribution < 1.29 is 26.7 Å². The van der Waals surface area contributed by atoms with Gasteiger partial charge < -0.3 is 4.90 Å². The highest BCUT2D eigenvalue weighted by molar-refractivity contribution is 6.18. The third-order valence-electron chi connectivity index (χ3n) is 2.96. The van der Waals surface area contributed by atoms with Crippen LogP contribution in [-0.4, -0.2) is 29.3 Å². The topological polar surface area (TPSA) is 20.3 Å². The van der Waals surface area contributed by atoms with Crippen molar-refractivity contribution in [3.8, 4) is 0 Å². The van der Waals surface area contributed by atoms with Crippen LogP contribution in [0.1, 0.15) is 24.2 Å². The van der Waals surface area contributed by atoms with E-state index in [4.69, 9.17) is 11.6 Å². The molecule has 0 aliphatic rings. The molecule has 8 heteroatoms. The van der Waals surface area contributed by atoms with Gasteiger partial charge in [0.2, 0.25) is 5.82 Å². The van der Waals surface area contributed by atoms with Crippen LogP contribution in [-0.2, 0) is 0 Å². The first-order valence-electron chi connectivity index (χ1n) is 5.41. The second-order valence-corrected chi connectivity index (χ2v) is 5.02. The van der Waals surface area contributed by atoms with E-state index in [0.717, 1.165) is 11.9 Å². The van der Waals surface area contributed by atoms with Gasteiger partial charge in [0, 0.05) is 12.9 Å². The number of halogens is 6. The number of carbonyl (C=O) groups is 1. The molecule has 0 heterocycles. The Hall–Kier alpha value is -1.37. The number of benzene rings is 1.